The maximum absolute atomic E-state index is 13.7. The van der Waals surface area contributed by atoms with Crippen molar-refractivity contribution in [3.8, 4) is 0 Å². The molecule has 0 aliphatic heterocycles. The molecule has 1 aromatic carbocycles. The van der Waals surface area contributed by atoms with Gasteiger partial charge in [0.2, 0.25) is 0 Å². The summed E-state index contributed by atoms with van der Waals surface area (Å²) in [6, 6.07) is 6.52. The second-order valence-electron chi connectivity index (χ2n) is 5.11. The van der Waals surface area contributed by atoms with Crippen molar-refractivity contribution in [3.05, 3.63) is 58.4 Å². The highest BCUT2D eigenvalue weighted by molar-refractivity contribution is 5.36. The first kappa shape index (κ1) is 12.8. The average Bonchev–Trinajstić information content (AvgIpc) is 3.26. The molecular weight excluding hydrogens is 257 g/mol. The Morgan fingerprint density at radius 1 is 1.40 bits per heavy atom. The summed E-state index contributed by atoms with van der Waals surface area (Å²) in [7, 11) is 0. The fourth-order valence-electron chi connectivity index (χ4n) is 2.27. The molecule has 1 aliphatic carbocycles. The van der Waals surface area contributed by atoms with Crippen LogP contribution in [0.4, 0.5) is 10.2 Å². The van der Waals surface area contributed by atoms with Crippen LogP contribution < -0.4 is 10.9 Å². The van der Waals surface area contributed by atoms with E-state index in [-0.39, 0.29) is 23.2 Å². The molecule has 20 heavy (non-hydrogen) atoms. The highest BCUT2D eigenvalue weighted by Gasteiger charge is 2.25. The minimum atomic E-state index is -0.313. The molecule has 0 amide bonds. The van der Waals surface area contributed by atoms with Crippen LogP contribution in [-0.4, -0.2) is 9.55 Å². The van der Waals surface area contributed by atoms with Crippen LogP contribution in [0.3, 0.4) is 0 Å². The maximum Gasteiger partial charge on any atom is 0.293 e. The van der Waals surface area contributed by atoms with E-state index in [1.54, 1.807) is 35.2 Å². The summed E-state index contributed by atoms with van der Waals surface area (Å²) in [5.74, 6) is -0.0129. The van der Waals surface area contributed by atoms with Crippen molar-refractivity contribution in [1.82, 2.24) is 9.55 Å². The standard InChI is InChI=1S/C15H16FN3O/c1-10(12-4-2-3-5-13(12)16)18-14-15(20)19(9-8-17-14)11-6-7-11/h2-5,8-11H,6-7H2,1H3,(H,17,18). The summed E-state index contributed by atoms with van der Waals surface area (Å²) < 4.78 is 15.4. The van der Waals surface area contributed by atoms with Crippen LogP contribution in [-0.2, 0) is 0 Å². The smallest absolute Gasteiger partial charge is 0.293 e. The van der Waals surface area contributed by atoms with Crippen molar-refractivity contribution in [2.24, 2.45) is 0 Å². The van der Waals surface area contributed by atoms with E-state index in [2.05, 4.69) is 10.3 Å². The minimum absolute atomic E-state index is 0.141. The summed E-state index contributed by atoms with van der Waals surface area (Å²) >= 11 is 0. The molecule has 3 rings (SSSR count). The lowest BCUT2D eigenvalue weighted by Crippen LogP contribution is -2.25. The average molecular weight is 273 g/mol. The van der Waals surface area contributed by atoms with Gasteiger partial charge >= 0.3 is 0 Å². The van der Waals surface area contributed by atoms with Gasteiger partial charge in [-0.3, -0.25) is 4.79 Å². The second-order valence-corrected chi connectivity index (χ2v) is 5.11. The van der Waals surface area contributed by atoms with Gasteiger partial charge in [0.25, 0.3) is 5.56 Å². The Morgan fingerprint density at radius 2 is 2.15 bits per heavy atom. The van der Waals surface area contributed by atoms with Gasteiger partial charge < -0.3 is 9.88 Å². The SMILES string of the molecule is CC(Nc1nccn(C2CC2)c1=O)c1ccccc1F. The summed E-state index contributed by atoms with van der Waals surface area (Å²) in [5.41, 5.74) is 0.383. The monoisotopic (exact) mass is 273 g/mol. The van der Waals surface area contributed by atoms with E-state index >= 15 is 0 Å². The van der Waals surface area contributed by atoms with Crippen molar-refractivity contribution < 1.29 is 4.39 Å². The van der Waals surface area contributed by atoms with E-state index in [0.29, 0.717) is 11.6 Å². The number of rotatable bonds is 4. The zero-order valence-corrected chi connectivity index (χ0v) is 11.2. The van der Waals surface area contributed by atoms with E-state index in [9.17, 15) is 9.18 Å². The molecular formula is C15H16FN3O. The zero-order chi connectivity index (χ0) is 14.1. The number of nitrogens with zero attached hydrogens (tertiary/aromatic N) is 2. The van der Waals surface area contributed by atoms with Crippen LogP contribution in [0, 0.1) is 5.82 Å². The molecule has 1 fully saturated rings. The molecule has 2 aromatic rings. The third-order valence-electron chi connectivity index (χ3n) is 3.53. The molecule has 1 unspecified atom stereocenters. The maximum atomic E-state index is 13.7. The van der Waals surface area contributed by atoms with Crippen LogP contribution in [0.2, 0.25) is 0 Å². The van der Waals surface area contributed by atoms with Crippen LogP contribution in [0.15, 0.2) is 41.5 Å². The van der Waals surface area contributed by atoms with Gasteiger partial charge in [-0.25, -0.2) is 9.37 Å². The Morgan fingerprint density at radius 3 is 2.85 bits per heavy atom. The summed E-state index contributed by atoms with van der Waals surface area (Å²) in [5, 5.41) is 3.01. The molecule has 1 heterocycles. The molecule has 0 spiro atoms. The second kappa shape index (κ2) is 5.07. The fourth-order valence-corrected chi connectivity index (χ4v) is 2.27. The third kappa shape index (κ3) is 2.43. The lowest BCUT2D eigenvalue weighted by atomic mass is 10.1. The molecule has 1 aliphatic rings. The minimum Gasteiger partial charge on any atom is -0.359 e. The molecule has 0 bridgehead atoms. The quantitative estimate of drug-likeness (QED) is 0.931. The number of nitrogens with one attached hydrogen (secondary N) is 1. The number of halogens is 1. The van der Waals surface area contributed by atoms with E-state index in [1.165, 1.54) is 6.07 Å². The van der Waals surface area contributed by atoms with E-state index in [4.69, 9.17) is 0 Å². The van der Waals surface area contributed by atoms with E-state index < -0.39 is 0 Å². The van der Waals surface area contributed by atoms with Crippen LogP contribution in [0.1, 0.15) is 37.4 Å². The van der Waals surface area contributed by atoms with Gasteiger partial charge in [-0.2, -0.15) is 0 Å². The van der Waals surface area contributed by atoms with Crippen molar-refractivity contribution in [1.29, 1.82) is 0 Å². The number of benzene rings is 1. The molecule has 1 N–H and O–H groups in total. The normalized spacial score (nSPS) is 15.9. The zero-order valence-electron chi connectivity index (χ0n) is 11.2. The van der Waals surface area contributed by atoms with Gasteiger partial charge in [0.15, 0.2) is 5.82 Å². The van der Waals surface area contributed by atoms with Crippen LogP contribution in [0.5, 0.6) is 0 Å². The molecule has 0 radical (unpaired) electrons. The highest BCUT2D eigenvalue weighted by Crippen LogP contribution is 2.33. The largest absolute Gasteiger partial charge is 0.359 e. The Balaban J connectivity index is 1.86. The van der Waals surface area contributed by atoms with Crippen LogP contribution >= 0.6 is 0 Å². The predicted octanol–water partition coefficient (Wildman–Crippen LogP) is 2.89. The molecule has 1 saturated carbocycles. The lowest BCUT2D eigenvalue weighted by molar-refractivity contribution is 0.599. The summed E-state index contributed by atoms with van der Waals surface area (Å²) in [6.45, 7) is 1.81. The summed E-state index contributed by atoms with van der Waals surface area (Å²) in [6.07, 6.45) is 5.38. The van der Waals surface area contributed by atoms with Gasteiger partial charge in [0.1, 0.15) is 5.82 Å². The van der Waals surface area contributed by atoms with Gasteiger partial charge in [-0.15, -0.1) is 0 Å². The topological polar surface area (TPSA) is 46.9 Å². The number of anilines is 1. The van der Waals surface area contributed by atoms with Crippen LogP contribution in [0.25, 0.3) is 0 Å². The highest BCUT2D eigenvalue weighted by atomic mass is 19.1. The fraction of sp³-hybridized carbons (Fsp3) is 0.333. The van der Waals surface area contributed by atoms with Crippen molar-refractivity contribution in [2.45, 2.75) is 31.8 Å². The van der Waals surface area contributed by atoms with Gasteiger partial charge in [-0.1, -0.05) is 18.2 Å². The first-order chi connectivity index (χ1) is 9.66. The van der Waals surface area contributed by atoms with Gasteiger partial charge in [0, 0.05) is 24.0 Å². The first-order valence-corrected chi connectivity index (χ1v) is 6.75. The molecule has 4 nitrogen and oxygen atoms in total. The third-order valence-corrected chi connectivity index (χ3v) is 3.53. The number of hydrogen-bond acceptors (Lipinski definition) is 3. The van der Waals surface area contributed by atoms with Gasteiger partial charge in [0.05, 0.1) is 6.04 Å². The Labute approximate surface area is 116 Å². The number of aromatic nitrogens is 2. The van der Waals surface area contributed by atoms with Crippen molar-refractivity contribution >= 4 is 5.82 Å². The molecule has 1 atom stereocenters. The van der Waals surface area contributed by atoms with E-state index in [0.717, 1.165) is 12.8 Å². The van der Waals surface area contributed by atoms with Crippen molar-refractivity contribution in [3.63, 3.8) is 0 Å². The molecule has 104 valence electrons. The van der Waals surface area contributed by atoms with Gasteiger partial charge in [-0.05, 0) is 25.8 Å². The first-order valence-electron chi connectivity index (χ1n) is 6.75. The summed E-state index contributed by atoms with van der Waals surface area (Å²) in [4.78, 5) is 16.3. The molecule has 5 heteroatoms. The van der Waals surface area contributed by atoms with E-state index in [1.807, 2.05) is 6.92 Å². The lowest BCUT2D eigenvalue weighted by Gasteiger charge is -2.15. The predicted molar refractivity (Wildman–Crippen MR) is 75.2 cm³/mol. The van der Waals surface area contributed by atoms with Crippen molar-refractivity contribution in [2.75, 3.05) is 5.32 Å². The molecule has 1 aromatic heterocycles. The Kier molecular flexibility index (Phi) is 3.26. The Hall–Kier alpha value is -2.17. The Bertz CT molecular complexity index is 679. The number of hydrogen-bond donors (Lipinski definition) is 1. The molecule has 0 saturated heterocycles.